The van der Waals surface area contributed by atoms with Crippen molar-refractivity contribution in [3.8, 4) is 11.6 Å². The molecule has 1 amide bonds. The van der Waals surface area contributed by atoms with E-state index in [2.05, 4.69) is 22.3 Å². The number of amides is 1. The normalized spacial score (nSPS) is 10.9. The van der Waals surface area contributed by atoms with Crippen molar-refractivity contribution in [2.24, 2.45) is 0 Å². The highest BCUT2D eigenvalue weighted by molar-refractivity contribution is 5.91. The maximum Gasteiger partial charge on any atom is 0.222 e. The molecule has 3 aromatic carbocycles. The fourth-order valence-corrected chi connectivity index (χ4v) is 4.17. The summed E-state index contributed by atoms with van der Waals surface area (Å²) in [5, 5.41) is 3.99. The van der Waals surface area contributed by atoms with Gasteiger partial charge in [0, 0.05) is 31.4 Å². The molecule has 180 valence electrons. The Balaban J connectivity index is 1.40. The van der Waals surface area contributed by atoms with Gasteiger partial charge in [-0.05, 0) is 41.8 Å². The zero-order valence-corrected chi connectivity index (χ0v) is 20.0. The number of carbonyl (C=O) groups excluding carboxylic acids is 1. The lowest BCUT2D eigenvalue weighted by Gasteiger charge is -2.25. The second-order valence-electron chi connectivity index (χ2n) is 8.60. The number of para-hydroxylation sites is 1. The van der Waals surface area contributed by atoms with Crippen LogP contribution in [0.1, 0.15) is 17.5 Å². The number of aromatic nitrogens is 2. The van der Waals surface area contributed by atoms with Gasteiger partial charge in [0.1, 0.15) is 5.82 Å². The fraction of sp³-hybridized carbons (Fsp3) is 0.167. The van der Waals surface area contributed by atoms with Crippen molar-refractivity contribution in [3.05, 3.63) is 114 Å². The minimum atomic E-state index is 0.00758. The number of benzene rings is 3. The van der Waals surface area contributed by atoms with E-state index in [1.54, 1.807) is 6.26 Å². The van der Waals surface area contributed by atoms with Crippen LogP contribution in [0.25, 0.3) is 22.5 Å². The smallest absolute Gasteiger partial charge is 0.222 e. The number of hydrogen-bond acceptors (Lipinski definition) is 5. The second-order valence-corrected chi connectivity index (χ2v) is 8.60. The third kappa shape index (κ3) is 5.78. The summed E-state index contributed by atoms with van der Waals surface area (Å²) in [7, 11) is 0. The molecular formula is C30H28N4O2. The van der Waals surface area contributed by atoms with Crippen LogP contribution in [0.3, 0.4) is 0 Å². The third-order valence-electron chi connectivity index (χ3n) is 6.08. The highest BCUT2D eigenvalue weighted by Crippen LogP contribution is 2.28. The van der Waals surface area contributed by atoms with E-state index in [-0.39, 0.29) is 5.91 Å². The van der Waals surface area contributed by atoms with E-state index in [0.29, 0.717) is 37.6 Å². The van der Waals surface area contributed by atoms with E-state index in [9.17, 15) is 4.79 Å². The topological polar surface area (TPSA) is 71.3 Å². The maximum atomic E-state index is 12.8. The lowest BCUT2D eigenvalue weighted by molar-refractivity contribution is -0.121. The van der Waals surface area contributed by atoms with Crippen molar-refractivity contribution in [1.82, 2.24) is 15.3 Å². The highest BCUT2D eigenvalue weighted by Gasteiger charge is 2.18. The number of anilines is 1. The van der Waals surface area contributed by atoms with Crippen molar-refractivity contribution in [2.45, 2.75) is 19.4 Å². The number of carbonyl (C=O) groups is 1. The molecule has 6 nitrogen and oxygen atoms in total. The molecule has 0 fully saturated rings. The van der Waals surface area contributed by atoms with Gasteiger partial charge in [-0.15, -0.1) is 0 Å². The summed E-state index contributed by atoms with van der Waals surface area (Å²) in [6.45, 7) is 1.77. The van der Waals surface area contributed by atoms with E-state index in [1.165, 1.54) is 5.56 Å². The van der Waals surface area contributed by atoms with Crippen molar-refractivity contribution in [3.63, 3.8) is 0 Å². The van der Waals surface area contributed by atoms with Crippen LogP contribution < -0.4 is 10.2 Å². The molecule has 0 saturated heterocycles. The van der Waals surface area contributed by atoms with Gasteiger partial charge in [-0.2, -0.15) is 0 Å². The van der Waals surface area contributed by atoms with E-state index >= 15 is 0 Å². The summed E-state index contributed by atoms with van der Waals surface area (Å²) >= 11 is 0. The molecule has 2 aromatic heterocycles. The van der Waals surface area contributed by atoms with Crippen LogP contribution in [0.5, 0.6) is 0 Å². The Hall–Kier alpha value is -4.45. The van der Waals surface area contributed by atoms with Crippen LogP contribution in [-0.4, -0.2) is 29.0 Å². The quantitative estimate of drug-likeness (QED) is 0.282. The first-order valence-electron chi connectivity index (χ1n) is 12.2. The van der Waals surface area contributed by atoms with Gasteiger partial charge >= 0.3 is 0 Å². The second kappa shape index (κ2) is 11.3. The number of rotatable bonds is 10. The molecule has 2 heterocycles. The zero-order chi connectivity index (χ0) is 24.6. The van der Waals surface area contributed by atoms with E-state index in [4.69, 9.17) is 14.4 Å². The molecule has 0 saturated carbocycles. The summed E-state index contributed by atoms with van der Waals surface area (Å²) in [4.78, 5) is 24.6. The largest absolute Gasteiger partial charge is 0.461 e. The zero-order valence-electron chi connectivity index (χ0n) is 20.0. The van der Waals surface area contributed by atoms with Crippen LogP contribution in [0.2, 0.25) is 0 Å². The SMILES string of the molecule is O=C(CCN(CCc1ccccc1)c1nc(-c2ccco2)nc2ccccc12)NCc1ccccc1. The Morgan fingerprint density at radius 1 is 0.778 bits per heavy atom. The van der Waals surface area contributed by atoms with Crippen LogP contribution in [0, 0.1) is 0 Å². The molecule has 0 spiro atoms. The van der Waals surface area contributed by atoms with Crippen LogP contribution >= 0.6 is 0 Å². The molecule has 5 rings (SSSR count). The summed E-state index contributed by atoms with van der Waals surface area (Å²) in [6.07, 6.45) is 2.81. The minimum absolute atomic E-state index is 0.00758. The van der Waals surface area contributed by atoms with E-state index in [1.807, 2.05) is 84.9 Å². The van der Waals surface area contributed by atoms with E-state index < -0.39 is 0 Å². The fourth-order valence-electron chi connectivity index (χ4n) is 4.17. The number of nitrogens with zero attached hydrogens (tertiary/aromatic N) is 3. The molecule has 1 N–H and O–H groups in total. The summed E-state index contributed by atoms with van der Waals surface area (Å²) in [5.74, 6) is 1.96. The van der Waals surface area contributed by atoms with E-state index in [0.717, 1.165) is 28.7 Å². The molecule has 0 aliphatic carbocycles. The van der Waals surface area contributed by atoms with Crippen molar-refractivity contribution < 1.29 is 9.21 Å². The lowest BCUT2D eigenvalue weighted by Crippen LogP contribution is -2.33. The number of fused-ring (bicyclic) bond motifs is 1. The number of nitrogens with one attached hydrogen (secondary N) is 1. The van der Waals surface area contributed by atoms with Gasteiger partial charge in [0.2, 0.25) is 5.91 Å². The Kier molecular flexibility index (Phi) is 7.32. The molecule has 0 atom stereocenters. The average Bonchev–Trinajstić information content (AvgIpc) is 3.48. The molecule has 36 heavy (non-hydrogen) atoms. The molecule has 6 heteroatoms. The Morgan fingerprint density at radius 2 is 1.50 bits per heavy atom. The highest BCUT2D eigenvalue weighted by atomic mass is 16.3. The molecule has 0 aliphatic heterocycles. The molecule has 0 bridgehead atoms. The molecule has 0 unspecified atom stereocenters. The number of hydrogen-bond donors (Lipinski definition) is 1. The predicted octanol–water partition coefficient (Wildman–Crippen LogP) is 5.65. The van der Waals surface area contributed by atoms with Gasteiger partial charge in [0.25, 0.3) is 0 Å². The molecule has 5 aromatic rings. The van der Waals surface area contributed by atoms with Gasteiger partial charge in [-0.25, -0.2) is 9.97 Å². The van der Waals surface area contributed by atoms with Crippen molar-refractivity contribution >= 4 is 22.6 Å². The lowest BCUT2D eigenvalue weighted by atomic mass is 10.1. The van der Waals surface area contributed by atoms with Gasteiger partial charge in [0.15, 0.2) is 11.6 Å². The summed E-state index contributed by atoms with van der Waals surface area (Å²) < 4.78 is 5.60. The first-order valence-corrected chi connectivity index (χ1v) is 12.2. The monoisotopic (exact) mass is 476 g/mol. The molecular weight excluding hydrogens is 448 g/mol. The van der Waals surface area contributed by atoms with Gasteiger partial charge in [-0.1, -0.05) is 72.8 Å². The van der Waals surface area contributed by atoms with Gasteiger partial charge in [-0.3, -0.25) is 4.79 Å². The molecule has 0 radical (unpaired) electrons. The van der Waals surface area contributed by atoms with Crippen LogP contribution in [0.15, 0.2) is 108 Å². The average molecular weight is 477 g/mol. The first-order chi connectivity index (χ1) is 17.8. The minimum Gasteiger partial charge on any atom is -0.461 e. The number of furan rings is 1. The summed E-state index contributed by atoms with van der Waals surface area (Å²) in [6, 6.07) is 32.0. The molecule has 0 aliphatic rings. The standard InChI is InChI=1S/C30H28N4O2/c35-28(31-22-24-12-5-2-6-13-24)18-20-34(19-17-23-10-3-1-4-11-23)30-25-14-7-8-15-26(25)32-29(33-30)27-16-9-21-36-27/h1-16,21H,17-20,22H2,(H,31,35). The predicted molar refractivity (Wildman–Crippen MR) is 143 cm³/mol. The Bertz CT molecular complexity index is 1400. The van der Waals surface area contributed by atoms with Crippen molar-refractivity contribution in [1.29, 1.82) is 0 Å². The van der Waals surface area contributed by atoms with Gasteiger partial charge < -0.3 is 14.6 Å². The van der Waals surface area contributed by atoms with Crippen LogP contribution in [-0.2, 0) is 17.8 Å². The summed E-state index contributed by atoms with van der Waals surface area (Å²) in [5.41, 5.74) is 3.16. The Morgan fingerprint density at radius 3 is 2.25 bits per heavy atom. The Labute approximate surface area is 210 Å². The third-order valence-corrected chi connectivity index (χ3v) is 6.08. The maximum absolute atomic E-state index is 12.8. The van der Waals surface area contributed by atoms with Crippen molar-refractivity contribution in [2.75, 3.05) is 18.0 Å². The van der Waals surface area contributed by atoms with Gasteiger partial charge in [0.05, 0.1) is 11.8 Å². The van der Waals surface area contributed by atoms with Crippen LogP contribution in [0.4, 0.5) is 5.82 Å². The first kappa shape index (κ1) is 23.3.